The van der Waals surface area contributed by atoms with Crippen LogP contribution in [0, 0.1) is 28.6 Å². The Labute approximate surface area is 448 Å². The molecule has 21 N–H and O–H groups in total. The highest BCUT2D eigenvalue weighted by Crippen LogP contribution is 2.14. The van der Waals surface area contributed by atoms with Gasteiger partial charge >= 0.3 is 11.9 Å². The van der Waals surface area contributed by atoms with Crippen molar-refractivity contribution in [3.05, 3.63) is 0 Å². The average molecular weight is 1100 g/mol. The van der Waals surface area contributed by atoms with Gasteiger partial charge in [-0.15, -0.1) is 0 Å². The van der Waals surface area contributed by atoms with Crippen molar-refractivity contribution < 1.29 is 73.2 Å². The van der Waals surface area contributed by atoms with Crippen molar-refractivity contribution in [3.8, 4) is 0 Å². The zero-order valence-electron chi connectivity index (χ0n) is 45.6. The number of amides is 9. The number of hydrogen-bond donors (Lipinski definition) is 19. The van der Waals surface area contributed by atoms with E-state index in [0.717, 1.165) is 6.92 Å². The van der Waals surface area contributed by atoms with Crippen molar-refractivity contribution in [2.24, 2.45) is 29.2 Å². The van der Waals surface area contributed by atoms with Crippen molar-refractivity contribution in [3.63, 3.8) is 0 Å². The molecular weight excluding hydrogens is 1010 g/mol. The number of carbonyl (C=O) groups is 11. The number of carboxylic acids is 2. The van der Waals surface area contributed by atoms with Crippen LogP contribution in [-0.4, -0.2) is 177 Å². The van der Waals surface area contributed by atoms with Crippen molar-refractivity contribution in [1.29, 1.82) is 10.8 Å². The normalized spacial score (nSPS) is 16.1. The van der Waals surface area contributed by atoms with Crippen LogP contribution in [0.2, 0.25) is 0 Å². The Morgan fingerprint density at radius 2 is 0.831 bits per heavy atom. The third kappa shape index (κ3) is 26.8. The van der Waals surface area contributed by atoms with E-state index >= 15 is 0 Å². The standard InChI is InChI=1S/C47H85N15O15/c1-11-22(5)33(42(73)58-30(19-21(3)4)40(71)57-31(20-32(66)67)41(72)62-36(26(9)64)45(76)77)60-44(75)35(25(8)63)61-43(74)34(23(6)12-2)59-37(68)24(7)54-38(69)29(16-14-18-53-47(50)51)56-39(70)28(55-27(10)65)15-13-17-52-46(48)49/h21-26,28-31,33-36,63-64H,11-20H2,1-10H3,(H,54,69)(H,55,65)(H,56,70)(H,57,71)(H,58,73)(H,59,68)(H,60,75)(H,61,74)(H,62,72)(H,66,67)(H,76,77)(H4,48,49,52)(H4,50,51,53)/t22-,23-,24-,25+,26+,28-,29-,30-,31-,33-,34-,35-,36-/m0/s1. The highest BCUT2D eigenvalue weighted by Gasteiger charge is 2.38. The summed E-state index contributed by atoms with van der Waals surface area (Å²) in [5, 5.41) is 81.4. The lowest BCUT2D eigenvalue weighted by Gasteiger charge is -2.31. The third-order valence-electron chi connectivity index (χ3n) is 12.1. The Morgan fingerprint density at radius 1 is 0.468 bits per heavy atom. The molecule has 0 bridgehead atoms. The zero-order valence-corrected chi connectivity index (χ0v) is 45.6. The van der Waals surface area contributed by atoms with E-state index in [4.69, 9.17) is 22.3 Å². The summed E-state index contributed by atoms with van der Waals surface area (Å²) in [6, 6.07) is -13.5. The second-order valence-corrected chi connectivity index (χ2v) is 19.4. The van der Waals surface area contributed by atoms with Gasteiger partial charge < -0.3 is 90.4 Å². The van der Waals surface area contributed by atoms with Gasteiger partial charge in [0.15, 0.2) is 18.0 Å². The molecule has 0 saturated heterocycles. The van der Waals surface area contributed by atoms with Gasteiger partial charge in [-0.25, -0.2) is 4.79 Å². The maximum atomic E-state index is 14.0. The summed E-state index contributed by atoms with van der Waals surface area (Å²) >= 11 is 0. The van der Waals surface area contributed by atoms with E-state index < -0.39 is 150 Å². The Morgan fingerprint density at radius 3 is 1.25 bits per heavy atom. The first-order chi connectivity index (χ1) is 35.8. The molecule has 0 fully saturated rings. The Bertz CT molecular complexity index is 2060. The van der Waals surface area contributed by atoms with Crippen LogP contribution in [0.1, 0.15) is 121 Å². The number of aliphatic hydroxyl groups excluding tert-OH is 2. The predicted octanol–water partition coefficient (Wildman–Crippen LogP) is -4.62. The number of nitrogens with one attached hydrogen (secondary N) is 13. The van der Waals surface area contributed by atoms with E-state index in [1.165, 1.54) is 20.8 Å². The summed E-state index contributed by atoms with van der Waals surface area (Å²) < 4.78 is 0. The first-order valence-corrected chi connectivity index (χ1v) is 25.4. The van der Waals surface area contributed by atoms with Gasteiger partial charge in [0, 0.05) is 20.0 Å². The van der Waals surface area contributed by atoms with E-state index in [9.17, 15) is 73.2 Å². The lowest BCUT2D eigenvalue weighted by molar-refractivity contribution is -0.146. The molecule has 0 aliphatic carbocycles. The van der Waals surface area contributed by atoms with Crippen LogP contribution < -0.4 is 70.0 Å². The van der Waals surface area contributed by atoms with Gasteiger partial charge in [0.2, 0.25) is 53.2 Å². The summed E-state index contributed by atoms with van der Waals surface area (Å²) in [5.41, 5.74) is 10.7. The van der Waals surface area contributed by atoms with Crippen LogP contribution in [0.3, 0.4) is 0 Å². The molecule has 0 aliphatic heterocycles. The molecule has 0 radical (unpaired) electrons. The van der Waals surface area contributed by atoms with Gasteiger partial charge in [0.05, 0.1) is 18.6 Å². The number of aliphatic hydroxyl groups is 2. The summed E-state index contributed by atoms with van der Waals surface area (Å²) in [5.74, 6) is -13.6. The fourth-order valence-corrected chi connectivity index (χ4v) is 7.33. The molecule has 0 aliphatic rings. The minimum atomic E-state index is -1.86. The number of carboxylic acid groups (broad SMARTS) is 2. The molecule has 30 heteroatoms. The maximum absolute atomic E-state index is 14.0. The van der Waals surface area contributed by atoms with Crippen LogP contribution in [0.5, 0.6) is 0 Å². The summed E-state index contributed by atoms with van der Waals surface area (Å²) in [6.07, 6.45) is -3.21. The minimum absolute atomic E-state index is 0.0296. The van der Waals surface area contributed by atoms with Crippen LogP contribution in [-0.2, 0) is 52.7 Å². The smallest absolute Gasteiger partial charge is 0.328 e. The largest absolute Gasteiger partial charge is 0.481 e. The summed E-state index contributed by atoms with van der Waals surface area (Å²) in [4.78, 5) is 145. The fraction of sp³-hybridized carbons (Fsp3) is 0.723. The van der Waals surface area contributed by atoms with Gasteiger partial charge in [-0.3, -0.25) is 58.8 Å². The van der Waals surface area contributed by atoms with Crippen LogP contribution in [0.15, 0.2) is 0 Å². The maximum Gasteiger partial charge on any atom is 0.328 e. The second-order valence-electron chi connectivity index (χ2n) is 19.4. The first-order valence-electron chi connectivity index (χ1n) is 25.4. The highest BCUT2D eigenvalue weighted by atomic mass is 16.4. The average Bonchev–Trinajstić information content (AvgIpc) is 3.32. The van der Waals surface area contributed by atoms with Gasteiger partial charge in [-0.05, 0) is 70.6 Å². The molecule has 9 amide bonds. The van der Waals surface area contributed by atoms with Crippen molar-refractivity contribution in [1.82, 2.24) is 58.5 Å². The van der Waals surface area contributed by atoms with Crippen LogP contribution >= 0.6 is 0 Å². The monoisotopic (exact) mass is 1100 g/mol. The molecule has 30 nitrogen and oxygen atoms in total. The van der Waals surface area contributed by atoms with E-state index in [1.807, 2.05) is 5.32 Å². The molecule has 0 rings (SSSR count). The van der Waals surface area contributed by atoms with E-state index in [2.05, 4.69) is 53.2 Å². The molecule has 0 spiro atoms. The van der Waals surface area contributed by atoms with Crippen LogP contribution in [0.4, 0.5) is 0 Å². The Kier molecular flexibility index (Phi) is 31.7. The first kappa shape index (κ1) is 69.6. The molecule has 0 aromatic carbocycles. The number of rotatable bonds is 36. The molecule has 438 valence electrons. The molecule has 77 heavy (non-hydrogen) atoms. The molecule has 0 aromatic heterocycles. The van der Waals surface area contributed by atoms with Crippen molar-refractivity contribution >= 4 is 77.0 Å². The number of guanidine groups is 2. The van der Waals surface area contributed by atoms with Crippen molar-refractivity contribution in [2.75, 3.05) is 13.1 Å². The number of hydrogen-bond acceptors (Lipinski definition) is 15. The SMILES string of the molecule is CC[C@H](C)[C@H](NC(=O)[C@H](C)NC(=O)[C@H](CCCNC(=N)N)NC(=O)[C@H](CCCNC(=N)N)NC(C)=O)C(=O)N[C@H](C(=O)N[C@H](C(=O)N[C@@H](CC(C)C)C(=O)N[C@@H](CC(=O)O)C(=O)N[C@H](C(=O)O)[C@@H](C)O)[C@@H](C)CC)[C@@H](C)O. The predicted molar refractivity (Wildman–Crippen MR) is 279 cm³/mol. The van der Waals surface area contributed by atoms with E-state index in [1.54, 1.807) is 41.5 Å². The molecular formula is C47H85N15O15. The highest BCUT2D eigenvalue weighted by molar-refractivity contribution is 5.99. The van der Waals surface area contributed by atoms with Crippen molar-refractivity contribution in [2.45, 2.75) is 187 Å². The number of aliphatic carboxylic acids is 2. The molecule has 0 heterocycles. The van der Waals surface area contributed by atoms with Gasteiger partial charge in [0.1, 0.15) is 48.3 Å². The lowest BCUT2D eigenvalue weighted by atomic mass is 9.95. The van der Waals surface area contributed by atoms with E-state index in [0.29, 0.717) is 12.8 Å². The lowest BCUT2D eigenvalue weighted by Crippen LogP contribution is -2.63. The minimum Gasteiger partial charge on any atom is -0.481 e. The summed E-state index contributed by atoms with van der Waals surface area (Å²) in [6.45, 7) is 15.1. The third-order valence-corrected chi connectivity index (χ3v) is 12.1. The van der Waals surface area contributed by atoms with Gasteiger partial charge in [0.25, 0.3) is 0 Å². The van der Waals surface area contributed by atoms with Gasteiger partial charge in [-0.2, -0.15) is 0 Å². The Hall–Kier alpha value is -7.37. The number of carbonyl (C=O) groups excluding carboxylic acids is 9. The quantitative estimate of drug-likeness (QED) is 0.0159. The molecule has 0 unspecified atom stereocenters. The molecule has 0 saturated carbocycles. The summed E-state index contributed by atoms with van der Waals surface area (Å²) in [7, 11) is 0. The molecule has 13 atom stereocenters. The number of nitrogens with two attached hydrogens (primary N) is 2. The molecule has 0 aromatic rings. The topological polar surface area (TPSA) is 501 Å². The van der Waals surface area contributed by atoms with Crippen LogP contribution in [0.25, 0.3) is 0 Å². The zero-order chi connectivity index (χ0) is 59.4. The van der Waals surface area contributed by atoms with E-state index in [-0.39, 0.29) is 63.0 Å². The Balaban J connectivity index is 6.52. The fourth-order valence-electron chi connectivity index (χ4n) is 7.33. The van der Waals surface area contributed by atoms with Gasteiger partial charge in [-0.1, -0.05) is 54.4 Å². The second kappa shape index (κ2) is 35.1.